The highest BCUT2D eigenvalue weighted by Crippen LogP contribution is 2.12. The molecule has 0 aliphatic heterocycles. The van der Waals surface area contributed by atoms with Crippen molar-refractivity contribution >= 4 is 0 Å². The van der Waals surface area contributed by atoms with Crippen LogP contribution in [0.25, 0.3) is 0 Å². The van der Waals surface area contributed by atoms with Gasteiger partial charge in [0.05, 0.1) is 0 Å². The van der Waals surface area contributed by atoms with E-state index in [1.807, 2.05) is 0 Å². The molecule has 146 valence electrons. The molecule has 0 saturated heterocycles. The Kier molecular flexibility index (Phi) is 20.4. The molecule has 0 amide bonds. The van der Waals surface area contributed by atoms with Crippen LogP contribution in [-0.4, -0.2) is 11.7 Å². The summed E-state index contributed by atoms with van der Waals surface area (Å²) in [7, 11) is 0. The zero-order valence-electron chi connectivity index (χ0n) is 17.1. The Morgan fingerprint density at radius 3 is 1.32 bits per heavy atom. The summed E-state index contributed by atoms with van der Waals surface area (Å²) >= 11 is 0. The van der Waals surface area contributed by atoms with E-state index in [0.29, 0.717) is 0 Å². The number of aliphatic hydroxyl groups excluding tert-OH is 1. The van der Waals surface area contributed by atoms with Crippen LogP contribution in [0.4, 0.5) is 0 Å². The monoisotopic (exact) mass is 350 g/mol. The third-order valence-corrected chi connectivity index (χ3v) is 4.55. The van der Waals surface area contributed by atoms with Gasteiger partial charge in [0.2, 0.25) is 0 Å². The van der Waals surface area contributed by atoms with Gasteiger partial charge in [-0.2, -0.15) is 0 Å². The standard InChI is InChI=1S/C21H38N.C2H6O/c1-2-3-4-5-6-7-8-9-10-11-12-13-14-16-19-22-20-17-15-18-21-22;1-2-3/h15,17-18,20-21H,2-14,16,19H2,1H3;3H,2H2,1H3/q+1;. The maximum absolute atomic E-state index is 7.57. The Balaban J connectivity index is 0.00000178. The first-order valence-electron chi connectivity index (χ1n) is 10.9. The molecule has 0 fully saturated rings. The lowest BCUT2D eigenvalue weighted by molar-refractivity contribution is -0.697. The Labute approximate surface area is 157 Å². The summed E-state index contributed by atoms with van der Waals surface area (Å²) in [5, 5.41) is 7.57. The summed E-state index contributed by atoms with van der Waals surface area (Å²) in [6, 6.07) is 6.31. The molecule has 0 radical (unpaired) electrons. The second-order valence-electron chi connectivity index (χ2n) is 7.03. The molecular weight excluding hydrogens is 306 g/mol. The highest BCUT2D eigenvalue weighted by Gasteiger charge is 1.98. The summed E-state index contributed by atoms with van der Waals surface area (Å²) in [6.07, 6.45) is 24.4. The Morgan fingerprint density at radius 2 is 0.920 bits per heavy atom. The molecule has 1 aromatic rings. The highest BCUT2D eigenvalue weighted by molar-refractivity contribution is 4.83. The maximum Gasteiger partial charge on any atom is 0.168 e. The lowest BCUT2D eigenvalue weighted by atomic mass is 10.0. The second kappa shape index (κ2) is 21.2. The van der Waals surface area contributed by atoms with Crippen molar-refractivity contribution in [2.45, 2.75) is 110 Å². The van der Waals surface area contributed by atoms with Crippen LogP contribution in [0.15, 0.2) is 30.6 Å². The van der Waals surface area contributed by atoms with E-state index in [1.165, 1.54) is 96.4 Å². The van der Waals surface area contributed by atoms with Crippen molar-refractivity contribution < 1.29 is 9.67 Å². The third-order valence-electron chi connectivity index (χ3n) is 4.55. The van der Waals surface area contributed by atoms with Crippen LogP contribution in [0.5, 0.6) is 0 Å². The van der Waals surface area contributed by atoms with Crippen molar-refractivity contribution in [1.29, 1.82) is 0 Å². The minimum Gasteiger partial charge on any atom is -0.397 e. The summed E-state index contributed by atoms with van der Waals surface area (Å²) in [4.78, 5) is 0. The predicted molar refractivity (Wildman–Crippen MR) is 110 cm³/mol. The van der Waals surface area contributed by atoms with Gasteiger partial charge in [0.15, 0.2) is 12.4 Å². The highest BCUT2D eigenvalue weighted by atomic mass is 16.2. The van der Waals surface area contributed by atoms with Crippen LogP contribution in [0.3, 0.4) is 0 Å². The number of hydrogen-bond donors (Lipinski definition) is 1. The van der Waals surface area contributed by atoms with Gasteiger partial charge >= 0.3 is 0 Å². The van der Waals surface area contributed by atoms with Crippen LogP contribution in [0, 0.1) is 0 Å². The van der Waals surface area contributed by atoms with Gasteiger partial charge in [0.1, 0.15) is 6.54 Å². The molecule has 0 spiro atoms. The van der Waals surface area contributed by atoms with E-state index in [-0.39, 0.29) is 6.61 Å². The van der Waals surface area contributed by atoms with E-state index in [1.54, 1.807) is 6.92 Å². The maximum atomic E-state index is 7.57. The molecule has 0 aromatic carbocycles. The number of aliphatic hydroxyl groups is 1. The third kappa shape index (κ3) is 19.3. The quantitative estimate of drug-likeness (QED) is 0.285. The van der Waals surface area contributed by atoms with Gasteiger partial charge in [-0.1, -0.05) is 90.0 Å². The van der Waals surface area contributed by atoms with Gasteiger partial charge in [-0.3, -0.25) is 0 Å². The Hall–Kier alpha value is -0.890. The molecule has 0 unspecified atom stereocenters. The normalized spacial score (nSPS) is 10.4. The molecule has 0 aliphatic carbocycles. The largest absolute Gasteiger partial charge is 0.397 e. The predicted octanol–water partition coefficient (Wildman–Crippen LogP) is 6.45. The lowest BCUT2D eigenvalue weighted by Gasteiger charge is -2.02. The van der Waals surface area contributed by atoms with E-state index in [2.05, 4.69) is 42.1 Å². The first-order chi connectivity index (χ1) is 12.3. The van der Waals surface area contributed by atoms with Crippen LogP contribution >= 0.6 is 0 Å². The zero-order chi connectivity index (χ0) is 18.4. The molecule has 1 N–H and O–H groups in total. The van der Waals surface area contributed by atoms with E-state index < -0.39 is 0 Å². The average molecular weight is 351 g/mol. The van der Waals surface area contributed by atoms with Crippen LogP contribution in [0.2, 0.25) is 0 Å². The first-order valence-corrected chi connectivity index (χ1v) is 10.9. The Bertz CT molecular complexity index is 339. The van der Waals surface area contributed by atoms with Crippen molar-refractivity contribution in [2.75, 3.05) is 6.61 Å². The number of unbranched alkanes of at least 4 members (excludes halogenated alkanes) is 13. The van der Waals surface area contributed by atoms with E-state index >= 15 is 0 Å². The molecule has 1 rings (SSSR count). The summed E-state index contributed by atoms with van der Waals surface area (Å²) in [5.41, 5.74) is 0. The van der Waals surface area contributed by atoms with Gasteiger partial charge in [-0.25, -0.2) is 4.57 Å². The van der Waals surface area contributed by atoms with Crippen LogP contribution in [-0.2, 0) is 6.54 Å². The lowest BCUT2D eigenvalue weighted by Crippen LogP contribution is -2.32. The fourth-order valence-corrected chi connectivity index (χ4v) is 3.07. The minimum atomic E-state index is 0.250. The van der Waals surface area contributed by atoms with E-state index in [9.17, 15) is 0 Å². The molecule has 0 atom stereocenters. The average Bonchev–Trinajstić information content (AvgIpc) is 2.63. The SMILES string of the molecule is CCCCCCCCCCCCCCCC[n+]1ccccc1.CCO. The summed E-state index contributed by atoms with van der Waals surface area (Å²) in [5.74, 6) is 0. The number of hydrogen-bond acceptors (Lipinski definition) is 1. The molecule has 2 heteroatoms. The topological polar surface area (TPSA) is 24.1 Å². The van der Waals surface area contributed by atoms with Gasteiger partial charge in [0, 0.05) is 25.2 Å². The molecule has 0 aliphatic rings. The molecule has 0 saturated carbocycles. The fourth-order valence-electron chi connectivity index (χ4n) is 3.07. The minimum absolute atomic E-state index is 0.250. The van der Waals surface area contributed by atoms with E-state index in [4.69, 9.17) is 5.11 Å². The van der Waals surface area contributed by atoms with Crippen molar-refractivity contribution in [3.8, 4) is 0 Å². The number of aryl methyl sites for hydroxylation is 1. The number of rotatable bonds is 15. The fraction of sp³-hybridized carbons (Fsp3) is 0.783. The van der Waals surface area contributed by atoms with E-state index in [0.717, 1.165) is 0 Å². The molecule has 0 bridgehead atoms. The summed E-state index contributed by atoms with van der Waals surface area (Å²) in [6.45, 7) is 5.40. The summed E-state index contributed by atoms with van der Waals surface area (Å²) < 4.78 is 2.29. The van der Waals surface area contributed by atoms with Gasteiger partial charge in [-0.15, -0.1) is 0 Å². The molecule has 2 nitrogen and oxygen atoms in total. The second-order valence-corrected chi connectivity index (χ2v) is 7.03. The molecule has 1 heterocycles. The van der Waals surface area contributed by atoms with Crippen LogP contribution < -0.4 is 4.57 Å². The van der Waals surface area contributed by atoms with Crippen molar-refractivity contribution in [2.24, 2.45) is 0 Å². The first kappa shape index (κ1) is 24.1. The van der Waals surface area contributed by atoms with Crippen molar-refractivity contribution in [1.82, 2.24) is 0 Å². The molecule has 1 aromatic heterocycles. The number of aromatic nitrogens is 1. The van der Waals surface area contributed by atoms with Crippen LogP contribution in [0.1, 0.15) is 104 Å². The van der Waals surface area contributed by atoms with Gasteiger partial charge in [0.25, 0.3) is 0 Å². The smallest absolute Gasteiger partial charge is 0.168 e. The number of pyridine rings is 1. The van der Waals surface area contributed by atoms with Gasteiger partial charge in [-0.05, 0) is 13.3 Å². The molecular formula is C23H44NO+. The van der Waals surface area contributed by atoms with Crippen molar-refractivity contribution in [3.63, 3.8) is 0 Å². The number of nitrogens with zero attached hydrogens (tertiary/aromatic N) is 1. The van der Waals surface area contributed by atoms with Crippen molar-refractivity contribution in [3.05, 3.63) is 30.6 Å². The van der Waals surface area contributed by atoms with Gasteiger partial charge < -0.3 is 5.11 Å². The Morgan fingerprint density at radius 1 is 0.560 bits per heavy atom. The molecule has 25 heavy (non-hydrogen) atoms. The zero-order valence-corrected chi connectivity index (χ0v) is 17.1.